The van der Waals surface area contributed by atoms with E-state index in [4.69, 9.17) is 9.47 Å². The highest BCUT2D eigenvalue weighted by atomic mass is 79.9. The number of methoxy groups -OCH3 is 1. The summed E-state index contributed by atoms with van der Waals surface area (Å²) in [6.07, 6.45) is 1.32. The largest absolute Gasteiger partial charge is 0.497 e. The highest BCUT2D eigenvalue weighted by Crippen LogP contribution is 2.30. The third kappa shape index (κ3) is 3.87. The highest BCUT2D eigenvalue weighted by Gasteiger charge is 2.21. The van der Waals surface area contributed by atoms with Crippen molar-refractivity contribution in [2.45, 2.75) is 26.4 Å². The highest BCUT2D eigenvalue weighted by molar-refractivity contribution is 9.10. The lowest BCUT2D eigenvalue weighted by atomic mass is 10.0. The van der Waals surface area contributed by atoms with Crippen LogP contribution in [0.2, 0.25) is 0 Å². The van der Waals surface area contributed by atoms with E-state index in [0.717, 1.165) is 32.3 Å². The number of hydrogen-bond acceptors (Lipinski definition) is 3. The van der Waals surface area contributed by atoms with Crippen LogP contribution in [0.3, 0.4) is 0 Å². The summed E-state index contributed by atoms with van der Waals surface area (Å²) < 4.78 is 13.1. The predicted molar refractivity (Wildman–Crippen MR) is 103 cm³/mol. The SMILES string of the molecule is COc1ccc2cc(-c3cc(Br)cn3C(=O)OC(C)(C)C)ccc2c1. The van der Waals surface area contributed by atoms with Crippen LogP contribution in [0.15, 0.2) is 53.1 Å². The fraction of sp³-hybridized carbons (Fsp3) is 0.250. The first kappa shape index (κ1) is 17.5. The fourth-order valence-corrected chi connectivity index (χ4v) is 3.05. The van der Waals surface area contributed by atoms with Crippen molar-refractivity contribution in [2.75, 3.05) is 7.11 Å². The molecule has 130 valence electrons. The molecule has 0 radical (unpaired) electrons. The Morgan fingerprint density at radius 2 is 1.72 bits per heavy atom. The molecule has 0 saturated heterocycles. The predicted octanol–water partition coefficient (Wildman–Crippen LogP) is 5.86. The van der Waals surface area contributed by atoms with Crippen LogP contribution in [-0.4, -0.2) is 23.4 Å². The first-order valence-corrected chi connectivity index (χ1v) is 8.75. The lowest BCUT2D eigenvalue weighted by molar-refractivity contribution is 0.0540. The number of aromatic nitrogens is 1. The van der Waals surface area contributed by atoms with Crippen molar-refractivity contribution in [1.29, 1.82) is 0 Å². The molecule has 3 rings (SSSR count). The van der Waals surface area contributed by atoms with Crippen LogP contribution in [0, 0.1) is 0 Å². The van der Waals surface area contributed by atoms with Crippen molar-refractivity contribution < 1.29 is 14.3 Å². The van der Waals surface area contributed by atoms with Gasteiger partial charge in [-0.25, -0.2) is 4.79 Å². The molecule has 0 N–H and O–H groups in total. The normalized spacial score (nSPS) is 11.6. The van der Waals surface area contributed by atoms with E-state index < -0.39 is 11.7 Å². The summed E-state index contributed by atoms with van der Waals surface area (Å²) in [6, 6.07) is 13.9. The van der Waals surface area contributed by atoms with Crippen molar-refractivity contribution in [1.82, 2.24) is 4.57 Å². The molecule has 0 spiro atoms. The van der Waals surface area contributed by atoms with E-state index in [1.807, 2.05) is 57.2 Å². The second-order valence-corrected chi connectivity index (χ2v) is 7.74. The molecule has 1 heterocycles. The van der Waals surface area contributed by atoms with Crippen LogP contribution in [0.25, 0.3) is 22.0 Å². The van der Waals surface area contributed by atoms with Crippen molar-refractivity contribution in [3.63, 3.8) is 0 Å². The summed E-state index contributed by atoms with van der Waals surface area (Å²) in [5.41, 5.74) is 1.17. The van der Waals surface area contributed by atoms with Gasteiger partial charge < -0.3 is 9.47 Å². The number of ether oxygens (including phenoxy) is 2. The summed E-state index contributed by atoms with van der Waals surface area (Å²) >= 11 is 3.45. The van der Waals surface area contributed by atoms with E-state index in [9.17, 15) is 4.79 Å². The molecule has 0 saturated carbocycles. The second-order valence-electron chi connectivity index (χ2n) is 6.82. The zero-order valence-electron chi connectivity index (χ0n) is 14.7. The summed E-state index contributed by atoms with van der Waals surface area (Å²) in [4.78, 5) is 12.5. The smallest absolute Gasteiger partial charge is 0.419 e. The third-order valence-electron chi connectivity index (χ3n) is 3.72. The molecule has 4 nitrogen and oxygen atoms in total. The van der Waals surface area contributed by atoms with Gasteiger partial charge in [0.05, 0.1) is 12.8 Å². The molecule has 0 atom stereocenters. The molecule has 2 aromatic carbocycles. The van der Waals surface area contributed by atoms with Crippen LogP contribution >= 0.6 is 15.9 Å². The van der Waals surface area contributed by atoms with E-state index in [2.05, 4.69) is 22.0 Å². The van der Waals surface area contributed by atoms with Gasteiger partial charge in [0, 0.05) is 10.7 Å². The molecule has 0 aliphatic rings. The van der Waals surface area contributed by atoms with Crippen LogP contribution in [0.4, 0.5) is 4.79 Å². The Bertz CT molecular complexity index is 938. The maximum Gasteiger partial charge on any atom is 0.419 e. The lowest BCUT2D eigenvalue weighted by Crippen LogP contribution is -2.27. The van der Waals surface area contributed by atoms with Crippen LogP contribution in [0.5, 0.6) is 5.75 Å². The van der Waals surface area contributed by atoms with Gasteiger partial charge in [0.2, 0.25) is 0 Å². The van der Waals surface area contributed by atoms with Gasteiger partial charge in [-0.2, -0.15) is 0 Å². The molecule has 0 fully saturated rings. The number of rotatable bonds is 2. The number of benzene rings is 2. The van der Waals surface area contributed by atoms with E-state index in [1.54, 1.807) is 13.3 Å². The Morgan fingerprint density at radius 3 is 2.40 bits per heavy atom. The van der Waals surface area contributed by atoms with Crippen molar-refractivity contribution in [3.8, 4) is 17.0 Å². The zero-order valence-corrected chi connectivity index (χ0v) is 16.3. The van der Waals surface area contributed by atoms with E-state index in [1.165, 1.54) is 4.57 Å². The standard InChI is InChI=1S/C20H20BrNO3/c1-20(2,3)25-19(23)22-12-16(21)11-18(22)15-6-5-14-10-17(24-4)8-7-13(14)9-15/h5-12H,1-4H3. The molecule has 0 aliphatic carbocycles. The van der Waals surface area contributed by atoms with Crippen molar-refractivity contribution >= 4 is 32.8 Å². The van der Waals surface area contributed by atoms with Gasteiger partial charge in [0.1, 0.15) is 11.4 Å². The average molecular weight is 402 g/mol. The molecule has 3 aromatic rings. The number of fused-ring (bicyclic) bond motifs is 1. The van der Waals surface area contributed by atoms with E-state index in [0.29, 0.717) is 0 Å². The molecule has 1 aromatic heterocycles. The molecule has 25 heavy (non-hydrogen) atoms. The Morgan fingerprint density at radius 1 is 1.04 bits per heavy atom. The average Bonchev–Trinajstić information content (AvgIpc) is 2.94. The topological polar surface area (TPSA) is 40.5 Å². The molecule has 0 unspecified atom stereocenters. The summed E-state index contributed by atoms with van der Waals surface area (Å²) in [5, 5.41) is 2.16. The Balaban J connectivity index is 2.04. The Kier molecular flexibility index (Phi) is 4.60. The summed E-state index contributed by atoms with van der Waals surface area (Å²) in [5.74, 6) is 0.820. The Labute approximate surface area is 155 Å². The van der Waals surface area contributed by atoms with Crippen LogP contribution in [0.1, 0.15) is 20.8 Å². The van der Waals surface area contributed by atoms with Crippen molar-refractivity contribution in [2.24, 2.45) is 0 Å². The quantitative estimate of drug-likeness (QED) is 0.539. The third-order valence-corrected chi connectivity index (χ3v) is 4.15. The molecule has 0 aliphatic heterocycles. The number of carbonyl (C=O) groups excluding carboxylic acids is 1. The minimum absolute atomic E-state index is 0.400. The van der Waals surface area contributed by atoms with Gasteiger partial charge in [-0.15, -0.1) is 0 Å². The first-order chi connectivity index (χ1) is 11.8. The molecular formula is C20H20BrNO3. The summed E-state index contributed by atoms with van der Waals surface area (Å²) in [6.45, 7) is 5.56. The van der Waals surface area contributed by atoms with E-state index in [-0.39, 0.29) is 0 Å². The van der Waals surface area contributed by atoms with Gasteiger partial charge in [0.25, 0.3) is 0 Å². The van der Waals surface area contributed by atoms with Gasteiger partial charge >= 0.3 is 6.09 Å². The maximum absolute atomic E-state index is 12.5. The van der Waals surface area contributed by atoms with Crippen LogP contribution in [-0.2, 0) is 4.74 Å². The van der Waals surface area contributed by atoms with Crippen LogP contribution < -0.4 is 4.74 Å². The van der Waals surface area contributed by atoms with Gasteiger partial charge in [0.15, 0.2) is 0 Å². The Hall–Kier alpha value is -2.27. The molecule has 5 heteroatoms. The lowest BCUT2D eigenvalue weighted by Gasteiger charge is -2.20. The number of nitrogens with zero attached hydrogens (tertiary/aromatic N) is 1. The second kappa shape index (κ2) is 6.56. The minimum Gasteiger partial charge on any atom is -0.497 e. The molecule has 0 amide bonds. The van der Waals surface area contributed by atoms with Crippen molar-refractivity contribution in [3.05, 3.63) is 53.1 Å². The maximum atomic E-state index is 12.5. The molecule has 0 bridgehead atoms. The zero-order chi connectivity index (χ0) is 18.2. The number of halogens is 1. The summed E-state index contributed by atoms with van der Waals surface area (Å²) in [7, 11) is 1.65. The van der Waals surface area contributed by atoms with E-state index >= 15 is 0 Å². The number of carbonyl (C=O) groups is 1. The minimum atomic E-state index is -0.551. The first-order valence-electron chi connectivity index (χ1n) is 7.96. The van der Waals surface area contributed by atoms with Gasteiger partial charge in [-0.1, -0.05) is 18.2 Å². The van der Waals surface area contributed by atoms with Gasteiger partial charge in [-0.3, -0.25) is 4.57 Å². The number of hydrogen-bond donors (Lipinski definition) is 0. The fourth-order valence-electron chi connectivity index (χ4n) is 2.62. The monoisotopic (exact) mass is 401 g/mol. The molecular weight excluding hydrogens is 382 g/mol. The van der Waals surface area contributed by atoms with Gasteiger partial charge in [-0.05, 0) is 77.3 Å².